The third-order valence-corrected chi connectivity index (χ3v) is 7.87. The van der Waals surface area contributed by atoms with E-state index in [1.807, 2.05) is 48.0 Å². The minimum absolute atomic E-state index is 0.0280. The molecule has 5 nitrogen and oxygen atoms in total. The van der Waals surface area contributed by atoms with E-state index in [0.29, 0.717) is 11.8 Å². The second-order valence-electron chi connectivity index (χ2n) is 10.0. The SMILES string of the molecule is Cc1nn(-c2ccccc2)c2nc(C3CC3)cc(C(=O)N[C@H](C)[C@H]3C[C@@H]4CC[C@@H]3C4)c12. The molecule has 0 spiro atoms. The molecule has 1 N–H and O–H groups in total. The number of hydrogen-bond acceptors (Lipinski definition) is 3. The fourth-order valence-electron chi connectivity index (χ4n) is 6.12. The highest BCUT2D eigenvalue weighted by molar-refractivity contribution is 6.07. The quantitative estimate of drug-likeness (QED) is 0.627. The van der Waals surface area contributed by atoms with Crippen molar-refractivity contribution in [3.63, 3.8) is 0 Å². The van der Waals surface area contributed by atoms with E-state index in [2.05, 4.69) is 12.2 Å². The Kier molecular flexibility index (Phi) is 4.41. The van der Waals surface area contributed by atoms with E-state index < -0.39 is 0 Å². The standard InChI is InChI=1S/C26H30N4O/c1-15(21-13-17-8-9-19(21)12-17)27-26(31)22-14-23(18-10-11-18)28-25-24(22)16(2)29-30(25)20-6-4-3-5-7-20/h3-7,14-15,17-19,21H,8-13H2,1-2H3,(H,27,31)/t15-,17-,19-,21-/m1/s1. The largest absolute Gasteiger partial charge is 0.349 e. The second-order valence-corrected chi connectivity index (χ2v) is 10.0. The fraction of sp³-hybridized carbons (Fsp3) is 0.500. The first-order valence-electron chi connectivity index (χ1n) is 11.8. The Balaban J connectivity index is 1.39. The van der Waals surface area contributed by atoms with Gasteiger partial charge in [-0.05, 0) is 81.9 Å². The Morgan fingerprint density at radius 1 is 1.13 bits per heavy atom. The van der Waals surface area contributed by atoms with Crippen molar-refractivity contribution in [2.24, 2.45) is 17.8 Å². The number of carbonyl (C=O) groups excluding carboxylic acids is 1. The molecule has 1 amide bonds. The van der Waals surface area contributed by atoms with Crippen LogP contribution in [-0.2, 0) is 0 Å². The predicted octanol–water partition coefficient (Wildman–Crippen LogP) is 5.16. The molecule has 0 saturated heterocycles. The molecule has 3 aliphatic rings. The molecule has 2 heterocycles. The number of nitrogens with zero attached hydrogens (tertiary/aromatic N) is 3. The first-order valence-corrected chi connectivity index (χ1v) is 11.8. The van der Waals surface area contributed by atoms with Crippen LogP contribution in [0.2, 0.25) is 0 Å². The maximum absolute atomic E-state index is 13.5. The molecule has 5 heteroatoms. The number of hydrogen-bond donors (Lipinski definition) is 1. The normalized spacial score (nSPS) is 25.8. The highest BCUT2D eigenvalue weighted by Crippen LogP contribution is 2.49. The summed E-state index contributed by atoms with van der Waals surface area (Å²) in [6.07, 6.45) is 7.66. The van der Waals surface area contributed by atoms with Crippen molar-refractivity contribution in [3.8, 4) is 5.69 Å². The number of pyridine rings is 1. The Hall–Kier alpha value is -2.69. The number of nitrogens with one attached hydrogen (secondary N) is 1. The van der Waals surface area contributed by atoms with Gasteiger partial charge in [0.05, 0.1) is 22.3 Å². The maximum Gasteiger partial charge on any atom is 0.252 e. The van der Waals surface area contributed by atoms with Gasteiger partial charge in [0.25, 0.3) is 5.91 Å². The van der Waals surface area contributed by atoms with Gasteiger partial charge >= 0.3 is 0 Å². The van der Waals surface area contributed by atoms with Crippen molar-refractivity contribution in [2.45, 2.75) is 64.3 Å². The highest BCUT2D eigenvalue weighted by atomic mass is 16.1. The molecule has 3 saturated carbocycles. The summed E-state index contributed by atoms with van der Waals surface area (Å²) in [6.45, 7) is 4.18. The Bertz CT molecular complexity index is 1150. The van der Waals surface area contributed by atoms with Gasteiger partial charge in [-0.15, -0.1) is 0 Å². The van der Waals surface area contributed by atoms with Crippen LogP contribution in [0, 0.1) is 24.7 Å². The molecule has 0 aliphatic heterocycles. The van der Waals surface area contributed by atoms with Gasteiger partial charge < -0.3 is 5.32 Å². The summed E-state index contributed by atoms with van der Waals surface area (Å²) in [6, 6.07) is 12.3. The van der Waals surface area contributed by atoms with Crippen molar-refractivity contribution in [2.75, 3.05) is 0 Å². The van der Waals surface area contributed by atoms with Gasteiger partial charge in [-0.1, -0.05) is 24.6 Å². The summed E-state index contributed by atoms with van der Waals surface area (Å²) in [5.74, 6) is 2.80. The van der Waals surface area contributed by atoms with Crippen molar-refractivity contribution >= 4 is 16.9 Å². The Morgan fingerprint density at radius 2 is 1.94 bits per heavy atom. The molecule has 3 aliphatic carbocycles. The second kappa shape index (κ2) is 7.18. The third kappa shape index (κ3) is 3.26. The van der Waals surface area contributed by atoms with Gasteiger partial charge in [-0.3, -0.25) is 4.79 Å². The van der Waals surface area contributed by atoms with Crippen LogP contribution < -0.4 is 5.32 Å². The summed E-state index contributed by atoms with van der Waals surface area (Å²) in [5, 5.41) is 9.04. The molecular weight excluding hydrogens is 384 g/mol. The Morgan fingerprint density at radius 3 is 2.61 bits per heavy atom. The fourth-order valence-corrected chi connectivity index (χ4v) is 6.12. The number of aryl methyl sites for hydroxylation is 1. The zero-order chi connectivity index (χ0) is 21.1. The molecule has 4 atom stereocenters. The zero-order valence-corrected chi connectivity index (χ0v) is 18.3. The van der Waals surface area contributed by atoms with E-state index in [-0.39, 0.29) is 11.9 Å². The molecule has 2 aromatic heterocycles. The van der Waals surface area contributed by atoms with Crippen molar-refractivity contribution in [1.82, 2.24) is 20.1 Å². The van der Waals surface area contributed by atoms with Gasteiger partial charge in [0.2, 0.25) is 0 Å². The summed E-state index contributed by atoms with van der Waals surface area (Å²) < 4.78 is 1.90. The number of fused-ring (bicyclic) bond motifs is 3. The topological polar surface area (TPSA) is 59.8 Å². The monoisotopic (exact) mass is 414 g/mol. The smallest absolute Gasteiger partial charge is 0.252 e. The van der Waals surface area contributed by atoms with Crippen molar-refractivity contribution < 1.29 is 4.79 Å². The summed E-state index contributed by atoms with van der Waals surface area (Å²) in [7, 11) is 0. The van der Waals surface area contributed by atoms with Crippen LogP contribution >= 0.6 is 0 Å². The third-order valence-electron chi connectivity index (χ3n) is 7.87. The van der Waals surface area contributed by atoms with Crippen LogP contribution in [0.1, 0.15) is 73.1 Å². The molecule has 0 radical (unpaired) electrons. The number of benzene rings is 1. The van der Waals surface area contributed by atoms with Crippen LogP contribution in [0.15, 0.2) is 36.4 Å². The van der Waals surface area contributed by atoms with E-state index in [9.17, 15) is 4.79 Å². The summed E-state index contributed by atoms with van der Waals surface area (Å²) in [5.41, 5.74) is 4.39. The first-order chi connectivity index (χ1) is 15.1. The minimum Gasteiger partial charge on any atom is -0.349 e. The van der Waals surface area contributed by atoms with E-state index in [0.717, 1.165) is 58.3 Å². The molecule has 2 bridgehead atoms. The lowest BCUT2D eigenvalue weighted by atomic mass is 9.84. The van der Waals surface area contributed by atoms with Crippen LogP contribution in [0.5, 0.6) is 0 Å². The molecule has 3 aromatic rings. The number of amides is 1. The average molecular weight is 415 g/mol. The van der Waals surface area contributed by atoms with Gasteiger partial charge in [0.1, 0.15) is 0 Å². The summed E-state index contributed by atoms with van der Waals surface area (Å²) in [4.78, 5) is 18.5. The van der Waals surface area contributed by atoms with E-state index in [1.54, 1.807) is 0 Å². The van der Waals surface area contributed by atoms with Crippen molar-refractivity contribution in [1.29, 1.82) is 0 Å². The minimum atomic E-state index is 0.0280. The number of carbonyl (C=O) groups is 1. The van der Waals surface area contributed by atoms with Gasteiger partial charge in [-0.2, -0.15) is 5.10 Å². The number of aromatic nitrogens is 3. The molecule has 3 fully saturated rings. The van der Waals surface area contributed by atoms with Gasteiger partial charge in [0.15, 0.2) is 5.65 Å². The lowest BCUT2D eigenvalue weighted by Crippen LogP contribution is -2.40. The van der Waals surface area contributed by atoms with Gasteiger partial charge in [-0.25, -0.2) is 9.67 Å². The molecule has 31 heavy (non-hydrogen) atoms. The number of para-hydroxylation sites is 1. The van der Waals surface area contributed by atoms with Crippen molar-refractivity contribution in [3.05, 3.63) is 53.3 Å². The summed E-state index contributed by atoms with van der Waals surface area (Å²) >= 11 is 0. The molecule has 1 aromatic carbocycles. The van der Waals surface area contributed by atoms with Crippen LogP contribution in [-0.4, -0.2) is 26.7 Å². The highest BCUT2D eigenvalue weighted by Gasteiger charge is 2.42. The Labute approximate surface area is 183 Å². The van der Waals surface area contributed by atoms with Crippen LogP contribution in [0.25, 0.3) is 16.7 Å². The van der Waals surface area contributed by atoms with Gasteiger partial charge in [0, 0.05) is 17.7 Å². The van der Waals surface area contributed by atoms with E-state index in [4.69, 9.17) is 10.1 Å². The first kappa shape index (κ1) is 19.0. The van der Waals surface area contributed by atoms with E-state index in [1.165, 1.54) is 25.7 Å². The van der Waals surface area contributed by atoms with Crippen LogP contribution in [0.4, 0.5) is 0 Å². The number of rotatable bonds is 5. The zero-order valence-electron chi connectivity index (χ0n) is 18.3. The van der Waals surface area contributed by atoms with E-state index >= 15 is 0 Å². The average Bonchev–Trinajstić information content (AvgIpc) is 3.28. The predicted molar refractivity (Wildman–Crippen MR) is 121 cm³/mol. The molecular formula is C26H30N4O. The van der Waals surface area contributed by atoms with Crippen LogP contribution in [0.3, 0.4) is 0 Å². The maximum atomic E-state index is 13.5. The lowest BCUT2D eigenvalue weighted by Gasteiger charge is -2.28. The lowest BCUT2D eigenvalue weighted by molar-refractivity contribution is 0.0916. The molecule has 0 unspecified atom stereocenters. The molecule has 6 rings (SSSR count). The molecule has 160 valence electrons.